The van der Waals surface area contributed by atoms with E-state index >= 15 is 0 Å². The predicted molar refractivity (Wildman–Crippen MR) is 45.6 cm³/mol. The van der Waals surface area contributed by atoms with Gasteiger partial charge in [0, 0.05) is 31.0 Å². The number of aromatic nitrogens is 1. The van der Waals surface area contributed by atoms with E-state index in [4.69, 9.17) is 0 Å². The summed E-state index contributed by atoms with van der Waals surface area (Å²) in [5, 5.41) is 3.36. The molecule has 1 aromatic rings. The zero-order chi connectivity index (χ0) is 7.84. The highest BCUT2D eigenvalue weighted by Crippen LogP contribution is 2.15. The van der Waals surface area contributed by atoms with Crippen molar-refractivity contribution in [2.75, 3.05) is 6.54 Å². The van der Waals surface area contributed by atoms with Crippen LogP contribution >= 0.6 is 0 Å². The number of nitrogens with one attached hydrogen (secondary N) is 1. The van der Waals surface area contributed by atoms with Gasteiger partial charge in [0.25, 0.3) is 0 Å². The fourth-order valence-corrected chi connectivity index (χ4v) is 1.73. The van der Waals surface area contributed by atoms with Gasteiger partial charge in [0.05, 0.1) is 0 Å². The highest BCUT2D eigenvalue weighted by Gasteiger charge is 2.11. The Morgan fingerprint density at radius 3 is 3.00 bits per heavy atom. The number of rotatable bonds is 0. The summed E-state index contributed by atoms with van der Waals surface area (Å²) in [6.45, 7) is 7.66. The van der Waals surface area contributed by atoms with Gasteiger partial charge in [-0.3, -0.25) is 0 Å². The van der Waals surface area contributed by atoms with Crippen LogP contribution in [-0.2, 0) is 13.1 Å². The standard InChI is InChI=1S/C9H14N2/c1-7-5-9-6-10-3-4-11(9)8(7)2/h5,10H,3-4,6H2,1-2H3. The molecule has 0 spiro atoms. The highest BCUT2D eigenvalue weighted by molar-refractivity contribution is 5.26. The molecule has 2 heteroatoms. The molecule has 0 saturated heterocycles. The van der Waals surface area contributed by atoms with Crippen LogP contribution in [0.4, 0.5) is 0 Å². The lowest BCUT2D eigenvalue weighted by Gasteiger charge is -2.17. The summed E-state index contributed by atoms with van der Waals surface area (Å²) in [7, 11) is 0. The van der Waals surface area contributed by atoms with Gasteiger partial charge in [0.1, 0.15) is 0 Å². The SMILES string of the molecule is Cc1cc2n(c1C)CCNC2. The molecule has 0 fully saturated rings. The van der Waals surface area contributed by atoms with E-state index in [1.54, 1.807) is 0 Å². The maximum Gasteiger partial charge on any atom is 0.0360 e. The zero-order valence-electron chi connectivity index (χ0n) is 7.15. The Bertz CT molecular complexity index is 273. The van der Waals surface area contributed by atoms with Gasteiger partial charge in [-0.2, -0.15) is 0 Å². The van der Waals surface area contributed by atoms with Crippen LogP contribution in [0, 0.1) is 13.8 Å². The number of aryl methyl sites for hydroxylation is 1. The first kappa shape index (κ1) is 6.92. The number of fused-ring (bicyclic) bond motifs is 1. The Hall–Kier alpha value is -0.760. The summed E-state index contributed by atoms with van der Waals surface area (Å²) in [6, 6.07) is 2.28. The van der Waals surface area contributed by atoms with Gasteiger partial charge in [-0.1, -0.05) is 0 Å². The summed E-state index contributed by atoms with van der Waals surface area (Å²) in [5.74, 6) is 0. The van der Waals surface area contributed by atoms with E-state index in [1.165, 1.54) is 17.0 Å². The van der Waals surface area contributed by atoms with Gasteiger partial charge >= 0.3 is 0 Å². The first-order valence-corrected chi connectivity index (χ1v) is 4.15. The molecule has 60 valence electrons. The van der Waals surface area contributed by atoms with E-state index in [1.807, 2.05) is 0 Å². The summed E-state index contributed by atoms with van der Waals surface area (Å²) >= 11 is 0. The van der Waals surface area contributed by atoms with E-state index in [-0.39, 0.29) is 0 Å². The van der Waals surface area contributed by atoms with Crippen LogP contribution in [0.5, 0.6) is 0 Å². The minimum atomic E-state index is 1.04. The molecule has 2 rings (SSSR count). The minimum Gasteiger partial charge on any atom is -0.346 e. The van der Waals surface area contributed by atoms with Crippen molar-refractivity contribution in [1.29, 1.82) is 0 Å². The fourth-order valence-electron chi connectivity index (χ4n) is 1.73. The summed E-state index contributed by atoms with van der Waals surface area (Å²) < 4.78 is 2.41. The van der Waals surface area contributed by atoms with Crippen molar-refractivity contribution in [1.82, 2.24) is 9.88 Å². The summed E-state index contributed by atoms with van der Waals surface area (Å²) in [6.07, 6.45) is 0. The maximum atomic E-state index is 3.36. The third-order valence-corrected chi connectivity index (χ3v) is 2.52. The average molecular weight is 150 g/mol. The van der Waals surface area contributed by atoms with Crippen molar-refractivity contribution in [2.24, 2.45) is 0 Å². The maximum absolute atomic E-state index is 3.36. The van der Waals surface area contributed by atoms with Crippen LogP contribution in [0.15, 0.2) is 6.07 Å². The molecule has 0 bridgehead atoms. The van der Waals surface area contributed by atoms with E-state index < -0.39 is 0 Å². The lowest BCUT2D eigenvalue weighted by Crippen LogP contribution is -2.28. The average Bonchev–Trinajstić information content (AvgIpc) is 2.30. The van der Waals surface area contributed by atoms with E-state index in [0.29, 0.717) is 0 Å². The molecule has 0 unspecified atom stereocenters. The Labute approximate surface area is 67.2 Å². The normalized spacial score (nSPS) is 16.5. The van der Waals surface area contributed by atoms with Gasteiger partial charge in [-0.15, -0.1) is 0 Å². The Kier molecular flexibility index (Phi) is 1.50. The minimum absolute atomic E-state index is 1.04. The van der Waals surface area contributed by atoms with Gasteiger partial charge < -0.3 is 9.88 Å². The monoisotopic (exact) mass is 150 g/mol. The molecule has 11 heavy (non-hydrogen) atoms. The van der Waals surface area contributed by atoms with Gasteiger partial charge in [-0.25, -0.2) is 0 Å². The molecule has 1 aliphatic rings. The Morgan fingerprint density at radius 2 is 2.27 bits per heavy atom. The van der Waals surface area contributed by atoms with E-state index in [2.05, 4.69) is 29.8 Å². The lowest BCUT2D eigenvalue weighted by molar-refractivity contribution is 0.509. The molecule has 1 aromatic heterocycles. The van der Waals surface area contributed by atoms with Crippen LogP contribution in [0.25, 0.3) is 0 Å². The second-order valence-electron chi connectivity index (χ2n) is 3.23. The molecular formula is C9H14N2. The first-order chi connectivity index (χ1) is 5.29. The molecule has 2 nitrogen and oxygen atoms in total. The zero-order valence-corrected chi connectivity index (χ0v) is 7.15. The Morgan fingerprint density at radius 1 is 1.45 bits per heavy atom. The molecule has 0 aliphatic carbocycles. The Balaban J connectivity index is 2.50. The second kappa shape index (κ2) is 2.38. The largest absolute Gasteiger partial charge is 0.346 e. The molecule has 0 radical (unpaired) electrons. The molecule has 0 atom stereocenters. The third-order valence-electron chi connectivity index (χ3n) is 2.52. The molecular weight excluding hydrogens is 136 g/mol. The van der Waals surface area contributed by atoms with Crippen molar-refractivity contribution in [2.45, 2.75) is 26.9 Å². The van der Waals surface area contributed by atoms with Crippen LogP contribution in [-0.4, -0.2) is 11.1 Å². The smallest absolute Gasteiger partial charge is 0.0360 e. The summed E-state index contributed by atoms with van der Waals surface area (Å²) in [4.78, 5) is 0. The molecule has 1 aliphatic heterocycles. The van der Waals surface area contributed by atoms with Crippen LogP contribution < -0.4 is 5.32 Å². The fraction of sp³-hybridized carbons (Fsp3) is 0.556. The van der Waals surface area contributed by atoms with Crippen molar-refractivity contribution in [3.05, 3.63) is 23.0 Å². The van der Waals surface area contributed by atoms with Crippen molar-refractivity contribution >= 4 is 0 Å². The summed E-state index contributed by atoms with van der Waals surface area (Å²) in [5.41, 5.74) is 4.29. The van der Waals surface area contributed by atoms with Crippen molar-refractivity contribution in [3.63, 3.8) is 0 Å². The van der Waals surface area contributed by atoms with Crippen LogP contribution in [0.3, 0.4) is 0 Å². The van der Waals surface area contributed by atoms with Crippen molar-refractivity contribution in [3.8, 4) is 0 Å². The van der Waals surface area contributed by atoms with Crippen LogP contribution in [0.1, 0.15) is 17.0 Å². The molecule has 0 amide bonds. The van der Waals surface area contributed by atoms with Gasteiger partial charge in [0.2, 0.25) is 0 Å². The van der Waals surface area contributed by atoms with Crippen molar-refractivity contribution < 1.29 is 0 Å². The molecule has 2 heterocycles. The number of nitrogens with zero attached hydrogens (tertiary/aromatic N) is 1. The number of hydrogen-bond acceptors (Lipinski definition) is 1. The second-order valence-corrected chi connectivity index (χ2v) is 3.23. The highest BCUT2D eigenvalue weighted by atomic mass is 15.1. The van der Waals surface area contributed by atoms with Gasteiger partial charge in [0.15, 0.2) is 0 Å². The lowest BCUT2D eigenvalue weighted by atomic mass is 10.3. The third kappa shape index (κ3) is 0.979. The predicted octanol–water partition coefficient (Wildman–Crippen LogP) is 1.21. The topological polar surface area (TPSA) is 17.0 Å². The van der Waals surface area contributed by atoms with E-state index in [0.717, 1.165) is 19.6 Å². The van der Waals surface area contributed by atoms with Crippen LogP contribution in [0.2, 0.25) is 0 Å². The molecule has 1 N–H and O–H groups in total. The number of hydrogen-bond donors (Lipinski definition) is 1. The first-order valence-electron chi connectivity index (χ1n) is 4.15. The quantitative estimate of drug-likeness (QED) is 0.588. The molecule has 0 aromatic carbocycles. The van der Waals surface area contributed by atoms with Gasteiger partial charge in [-0.05, 0) is 25.5 Å². The molecule has 0 saturated carbocycles. The van der Waals surface area contributed by atoms with E-state index in [9.17, 15) is 0 Å².